The molecule has 2 fully saturated rings. The minimum absolute atomic E-state index is 0.0949. The number of fused-ring (bicyclic) bond motifs is 1. The Hall–Kier alpha value is -3.16. The summed E-state index contributed by atoms with van der Waals surface area (Å²) in [5, 5.41) is 16.7. The molecule has 7 nitrogen and oxygen atoms in total. The maximum atomic E-state index is 13.9. The van der Waals surface area contributed by atoms with E-state index in [1.165, 1.54) is 0 Å². The van der Waals surface area contributed by atoms with Gasteiger partial charge in [-0.1, -0.05) is 5.92 Å². The van der Waals surface area contributed by atoms with Gasteiger partial charge in [-0.3, -0.25) is 5.10 Å². The molecule has 0 unspecified atom stereocenters. The van der Waals surface area contributed by atoms with E-state index in [0.29, 0.717) is 23.2 Å². The van der Waals surface area contributed by atoms with Gasteiger partial charge in [-0.05, 0) is 42.7 Å². The predicted octanol–water partition coefficient (Wildman–Crippen LogP) is 2.67. The van der Waals surface area contributed by atoms with Gasteiger partial charge in [0.05, 0.1) is 18.8 Å². The Bertz CT molecular complexity index is 1230. The first-order valence-electron chi connectivity index (χ1n) is 10.3. The minimum atomic E-state index is -1.36. The first-order chi connectivity index (χ1) is 15.5. The van der Waals surface area contributed by atoms with Gasteiger partial charge in [-0.15, -0.1) is 0 Å². The fourth-order valence-corrected chi connectivity index (χ4v) is 4.31. The SMILES string of the molecule is OCc1nc2c(C#Cc3c(F)ccc(F)c3F)n[nH]c2nc1N1CCC2(CCOC2)CC1. The molecule has 0 radical (unpaired) electrons. The number of H-pyrrole nitrogens is 1. The van der Waals surface area contributed by atoms with E-state index in [4.69, 9.17) is 4.74 Å². The number of aromatic nitrogens is 4. The molecule has 4 heterocycles. The van der Waals surface area contributed by atoms with Gasteiger partial charge >= 0.3 is 0 Å². The summed E-state index contributed by atoms with van der Waals surface area (Å²) in [5.74, 6) is 1.85. The van der Waals surface area contributed by atoms with Crippen molar-refractivity contribution in [2.24, 2.45) is 5.41 Å². The molecule has 2 saturated heterocycles. The lowest BCUT2D eigenvalue weighted by Gasteiger charge is -2.39. The van der Waals surface area contributed by atoms with E-state index in [0.717, 1.165) is 51.6 Å². The Morgan fingerprint density at radius 2 is 1.88 bits per heavy atom. The van der Waals surface area contributed by atoms with Crippen LogP contribution >= 0.6 is 0 Å². The van der Waals surface area contributed by atoms with E-state index in [2.05, 4.69) is 36.9 Å². The number of benzene rings is 1. The molecule has 0 amide bonds. The second kappa shape index (κ2) is 8.07. The second-order valence-electron chi connectivity index (χ2n) is 8.18. The van der Waals surface area contributed by atoms with Crippen LogP contribution in [0.3, 0.4) is 0 Å². The highest BCUT2D eigenvalue weighted by molar-refractivity contribution is 5.78. The van der Waals surface area contributed by atoms with Gasteiger partial charge in [-0.2, -0.15) is 5.10 Å². The number of aromatic amines is 1. The molecule has 2 aliphatic rings. The van der Waals surface area contributed by atoms with E-state index >= 15 is 0 Å². The lowest BCUT2D eigenvalue weighted by molar-refractivity contribution is 0.133. The molecule has 0 atom stereocenters. The summed E-state index contributed by atoms with van der Waals surface area (Å²) >= 11 is 0. The molecular formula is C22H20F3N5O2. The monoisotopic (exact) mass is 443 g/mol. The van der Waals surface area contributed by atoms with Crippen molar-refractivity contribution in [3.8, 4) is 11.8 Å². The van der Waals surface area contributed by atoms with Crippen molar-refractivity contribution in [3.63, 3.8) is 0 Å². The molecular weight excluding hydrogens is 423 g/mol. The van der Waals surface area contributed by atoms with Crippen LogP contribution in [0.15, 0.2) is 12.1 Å². The topological polar surface area (TPSA) is 87.2 Å². The van der Waals surface area contributed by atoms with Crippen molar-refractivity contribution >= 4 is 17.0 Å². The lowest BCUT2D eigenvalue weighted by Crippen LogP contribution is -2.41. The molecule has 2 aromatic heterocycles. The Morgan fingerprint density at radius 3 is 2.59 bits per heavy atom. The van der Waals surface area contributed by atoms with Crippen LogP contribution in [0.2, 0.25) is 0 Å². The van der Waals surface area contributed by atoms with E-state index in [1.807, 2.05) is 0 Å². The van der Waals surface area contributed by atoms with Crippen LogP contribution in [-0.4, -0.2) is 51.6 Å². The third-order valence-corrected chi connectivity index (χ3v) is 6.25. The standard InChI is InChI=1S/C22H20F3N5O2/c23-14-2-3-15(24)18(25)13(14)1-4-16-19-20(29-28-16)27-21(17(11-31)26-19)30-8-5-22(6-9-30)7-10-32-12-22/h2-3,31H,5-12H2,(H,27,28,29). The molecule has 32 heavy (non-hydrogen) atoms. The van der Waals surface area contributed by atoms with Crippen LogP contribution in [0.1, 0.15) is 36.2 Å². The summed E-state index contributed by atoms with van der Waals surface area (Å²) in [6.07, 6.45) is 3.01. The van der Waals surface area contributed by atoms with Gasteiger partial charge < -0.3 is 14.7 Å². The fourth-order valence-electron chi connectivity index (χ4n) is 4.31. The molecule has 1 spiro atoms. The van der Waals surface area contributed by atoms with E-state index in [9.17, 15) is 18.3 Å². The smallest absolute Gasteiger partial charge is 0.177 e. The summed E-state index contributed by atoms with van der Waals surface area (Å²) in [6, 6.07) is 1.50. The van der Waals surface area contributed by atoms with Crippen LogP contribution in [0.4, 0.5) is 19.0 Å². The number of piperidine rings is 1. The average molecular weight is 443 g/mol. The average Bonchev–Trinajstić information content (AvgIpc) is 3.43. The summed E-state index contributed by atoms with van der Waals surface area (Å²) < 4.78 is 46.7. The molecule has 166 valence electrons. The highest BCUT2D eigenvalue weighted by Crippen LogP contribution is 2.40. The number of aliphatic hydroxyl groups excluding tert-OH is 1. The lowest BCUT2D eigenvalue weighted by atomic mass is 9.78. The number of ether oxygens (including phenoxy) is 1. The number of halogens is 3. The Labute approximate surface area is 181 Å². The van der Waals surface area contributed by atoms with Crippen molar-refractivity contribution < 1.29 is 23.0 Å². The fraction of sp³-hybridized carbons (Fsp3) is 0.409. The Kier molecular flexibility index (Phi) is 5.23. The number of hydrogen-bond acceptors (Lipinski definition) is 6. The van der Waals surface area contributed by atoms with Crippen molar-refractivity contribution in [1.82, 2.24) is 20.2 Å². The van der Waals surface area contributed by atoms with Gasteiger partial charge in [0.2, 0.25) is 0 Å². The van der Waals surface area contributed by atoms with Crippen molar-refractivity contribution in [1.29, 1.82) is 0 Å². The second-order valence-corrected chi connectivity index (χ2v) is 8.18. The molecule has 3 aromatic rings. The summed E-state index contributed by atoms with van der Waals surface area (Å²) in [6.45, 7) is 2.79. The normalized spacial score (nSPS) is 17.7. The number of nitrogens with one attached hydrogen (secondary N) is 1. The zero-order chi connectivity index (χ0) is 22.3. The van der Waals surface area contributed by atoms with Crippen LogP contribution in [-0.2, 0) is 11.3 Å². The number of anilines is 1. The maximum Gasteiger partial charge on any atom is 0.177 e. The van der Waals surface area contributed by atoms with Crippen LogP contribution in [0, 0.1) is 34.7 Å². The van der Waals surface area contributed by atoms with Crippen molar-refractivity contribution in [2.75, 3.05) is 31.2 Å². The van der Waals surface area contributed by atoms with Crippen LogP contribution in [0.5, 0.6) is 0 Å². The van der Waals surface area contributed by atoms with E-state index < -0.39 is 23.0 Å². The maximum absolute atomic E-state index is 13.9. The molecule has 10 heteroatoms. The number of rotatable bonds is 2. The molecule has 1 aromatic carbocycles. The highest BCUT2D eigenvalue weighted by atomic mass is 19.2. The molecule has 0 saturated carbocycles. The molecule has 2 aliphatic heterocycles. The van der Waals surface area contributed by atoms with Crippen molar-refractivity contribution in [2.45, 2.75) is 25.9 Å². The molecule has 0 aliphatic carbocycles. The summed E-state index contributed by atoms with van der Waals surface area (Å²) in [4.78, 5) is 11.1. The predicted molar refractivity (Wildman–Crippen MR) is 109 cm³/mol. The van der Waals surface area contributed by atoms with E-state index in [-0.39, 0.29) is 23.2 Å². The quantitative estimate of drug-likeness (QED) is 0.468. The van der Waals surface area contributed by atoms with Gasteiger partial charge in [-0.25, -0.2) is 23.1 Å². The van der Waals surface area contributed by atoms with Gasteiger partial charge in [0, 0.05) is 19.7 Å². The first-order valence-corrected chi connectivity index (χ1v) is 10.3. The molecule has 5 rings (SSSR count). The zero-order valence-electron chi connectivity index (χ0n) is 17.1. The summed E-state index contributed by atoms with van der Waals surface area (Å²) in [5.41, 5.74) is 0.602. The van der Waals surface area contributed by atoms with Gasteiger partial charge in [0.15, 0.2) is 28.8 Å². The Morgan fingerprint density at radius 1 is 1.09 bits per heavy atom. The molecule has 2 N–H and O–H groups in total. The molecule has 0 bridgehead atoms. The number of nitrogens with zero attached hydrogens (tertiary/aromatic N) is 4. The van der Waals surface area contributed by atoms with Gasteiger partial charge in [0.25, 0.3) is 0 Å². The highest BCUT2D eigenvalue weighted by Gasteiger charge is 2.38. The van der Waals surface area contributed by atoms with Crippen LogP contribution < -0.4 is 4.90 Å². The largest absolute Gasteiger partial charge is 0.390 e. The number of aliphatic hydroxyl groups is 1. The zero-order valence-corrected chi connectivity index (χ0v) is 17.1. The Balaban J connectivity index is 1.46. The minimum Gasteiger partial charge on any atom is -0.390 e. The third-order valence-electron chi connectivity index (χ3n) is 6.25. The summed E-state index contributed by atoms with van der Waals surface area (Å²) in [7, 11) is 0. The first kappa shape index (κ1) is 20.7. The van der Waals surface area contributed by atoms with Gasteiger partial charge in [0.1, 0.15) is 17.0 Å². The van der Waals surface area contributed by atoms with Crippen molar-refractivity contribution in [3.05, 3.63) is 46.5 Å². The third kappa shape index (κ3) is 3.57. The number of hydrogen-bond donors (Lipinski definition) is 2. The van der Waals surface area contributed by atoms with Crippen LogP contribution in [0.25, 0.3) is 11.2 Å². The van der Waals surface area contributed by atoms with E-state index in [1.54, 1.807) is 0 Å².